The average Bonchev–Trinajstić information content (AvgIpc) is 3.13. The van der Waals surface area contributed by atoms with Gasteiger partial charge in [-0.2, -0.15) is 0 Å². The molecule has 3 saturated heterocycles. The molecule has 1 aromatic carbocycles. The van der Waals surface area contributed by atoms with Gasteiger partial charge in [0.1, 0.15) is 5.82 Å². The number of pyridine rings is 1. The molecule has 2 saturated carbocycles. The largest absolute Gasteiger partial charge is 0.398 e. The Kier molecular flexibility index (Phi) is 6.13. The van der Waals surface area contributed by atoms with Crippen LogP contribution in [0.3, 0.4) is 0 Å². The zero-order valence-electron chi connectivity index (χ0n) is 19.5. The van der Waals surface area contributed by atoms with Crippen molar-refractivity contribution >= 4 is 11.6 Å². The number of amides is 1. The van der Waals surface area contributed by atoms with E-state index in [1.807, 2.05) is 0 Å². The van der Waals surface area contributed by atoms with Crippen molar-refractivity contribution in [2.75, 3.05) is 32.5 Å². The first-order valence-electron chi connectivity index (χ1n) is 11.8. The Morgan fingerprint density at radius 2 is 2.00 bits per heavy atom. The third-order valence-electron chi connectivity index (χ3n) is 7.59. The van der Waals surface area contributed by atoms with E-state index in [1.165, 1.54) is 48.5 Å². The molecule has 2 unspecified atom stereocenters. The molecule has 7 rings (SSSR count). The van der Waals surface area contributed by atoms with E-state index in [1.54, 1.807) is 0 Å². The topological polar surface area (TPSA) is 89.6 Å². The van der Waals surface area contributed by atoms with Crippen molar-refractivity contribution in [2.45, 2.75) is 43.9 Å². The quantitative estimate of drug-likeness (QED) is 0.673. The van der Waals surface area contributed by atoms with Crippen molar-refractivity contribution in [3.63, 3.8) is 0 Å². The Morgan fingerprint density at radius 1 is 1.29 bits per heavy atom. The summed E-state index contributed by atoms with van der Waals surface area (Å²) in [5.41, 5.74) is 4.32. The lowest BCUT2D eigenvalue weighted by atomic mass is 9.78. The molecule has 2 atom stereocenters. The van der Waals surface area contributed by atoms with Gasteiger partial charge < -0.3 is 25.3 Å². The van der Waals surface area contributed by atoms with Crippen molar-refractivity contribution < 1.29 is 22.7 Å². The minimum absolute atomic E-state index is 0.00765. The SMILES string of the molecule is CN1CC2CC2C1.Nc1cc(=O)n(C23COC(C2)C3)cc1C(=O)NCc1cccc(C(F)F)c1F. The molecule has 10 heteroatoms. The van der Waals surface area contributed by atoms with Crippen LogP contribution in [-0.4, -0.2) is 48.2 Å². The van der Waals surface area contributed by atoms with E-state index < -0.39 is 29.3 Å². The zero-order valence-corrected chi connectivity index (χ0v) is 19.5. The molecule has 1 aromatic heterocycles. The van der Waals surface area contributed by atoms with E-state index in [-0.39, 0.29) is 35.0 Å². The fraction of sp³-hybridized carbons (Fsp3) is 0.520. The lowest BCUT2D eigenvalue weighted by molar-refractivity contribution is 0.0948. The number of nitrogens with two attached hydrogens (primary N) is 1. The molecule has 5 aliphatic rings. The van der Waals surface area contributed by atoms with Crippen LogP contribution in [0.5, 0.6) is 0 Å². The van der Waals surface area contributed by atoms with Gasteiger partial charge in [-0.1, -0.05) is 18.2 Å². The van der Waals surface area contributed by atoms with Crippen LogP contribution in [0.25, 0.3) is 0 Å². The number of aromatic nitrogens is 1. The number of anilines is 1. The number of benzene rings is 1. The summed E-state index contributed by atoms with van der Waals surface area (Å²) in [5.74, 6) is 0.549. The number of ether oxygens (including phenoxy) is 1. The number of piperidine rings is 1. The predicted molar refractivity (Wildman–Crippen MR) is 124 cm³/mol. The second kappa shape index (κ2) is 8.98. The monoisotopic (exact) mass is 490 g/mol. The highest BCUT2D eigenvalue weighted by molar-refractivity contribution is 5.98. The third-order valence-corrected chi connectivity index (χ3v) is 7.59. The van der Waals surface area contributed by atoms with Crippen LogP contribution in [-0.2, 0) is 16.8 Å². The highest BCUT2D eigenvalue weighted by atomic mass is 19.3. The molecule has 2 aliphatic carbocycles. The maximum absolute atomic E-state index is 14.1. The normalized spacial score (nSPS) is 28.2. The number of nitrogen functional groups attached to an aromatic ring is 1. The molecule has 3 aliphatic heterocycles. The number of carbonyl (C=O) groups is 1. The molecular weight excluding hydrogens is 461 g/mol. The highest BCUT2D eigenvalue weighted by Crippen LogP contribution is 2.47. The van der Waals surface area contributed by atoms with E-state index in [9.17, 15) is 22.8 Å². The number of nitrogens with one attached hydrogen (secondary N) is 1. The lowest BCUT2D eigenvalue weighted by Gasteiger charge is -2.37. The zero-order chi connectivity index (χ0) is 24.9. The van der Waals surface area contributed by atoms with E-state index in [2.05, 4.69) is 17.3 Å². The summed E-state index contributed by atoms with van der Waals surface area (Å²) in [4.78, 5) is 27.3. The van der Waals surface area contributed by atoms with Gasteiger partial charge >= 0.3 is 0 Å². The smallest absolute Gasteiger partial charge is 0.266 e. The number of alkyl halides is 2. The Bertz CT molecular complexity index is 1180. The van der Waals surface area contributed by atoms with Gasteiger partial charge in [0.25, 0.3) is 17.9 Å². The van der Waals surface area contributed by atoms with Gasteiger partial charge in [0.2, 0.25) is 0 Å². The lowest BCUT2D eigenvalue weighted by Crippen LogP contribution is -2.48. The Labute approximate surface area is 201 Å². The van der Waals surface area contributed by atoms with Gasteiger partial charge in [0, 0.05) is 37.5 Å². The van der Waals surface area contributed by atoms with Gasteiger partial charge in [-0.15, -0.1) is 0 Å². The van der Waals surface area contributed by atoms with Gasteiger partial charge in [-0.05, 0) is 38.1 Å². The molecule has 35 heavy (non-hydrogen) atoms. The van der Waals surface area contributed by atoms with E-state index in [0.29, 0.717) is 19.4 Å². The molecule has 7 nitrogen and oxygen atoms in total. The Balaban J connectivity index is 0.000000306. The number of rotatable bonds is 5. The summed E-state index contributed by atoms with van der Waals surface area (Å²) in [7, 11) is 2.21. The summed E-state index contributed by atoms with van der Waals surface area (Å²) in [6.07, 6.45) is 1.50. The van der Waals surface area contributed by atoms with Gasteiger partial charge in [-0.25, -0.2) is 13.2 Å². The summed E-state index contributed by atoms with van der Waals surface area (Å²) in [5, 5.41) is 2.48. The molecule has 188 valence electrons. The average molecular weight is 491 g/mol. The molecule has 2 aromatic rings. The summed E-state index contributed by atoms with van der Waals surface area (Å²) < 4.78 is 46.7. The van der Waals surface area contributed by atoms with Crippen LogP contribution in [0, 0.1) is 17.7 Å². The summed E-state index contributed by atoms with van der Waals surface area (Å²) in [6.45, 7) is 2.86. The maximum Gasteiger partial charge on any atom is 0.266 e. The van der Waals surface area contributed by atoms with Crippen molar-refractivity contribution in [2.24, 2.45) is 11.8 Å². The minimum atomic E-state index is -2.95. The minimum Gasteiger partial charge on any atom is -0.398 e. The van der Waals surface area contributed by atoms with Gasteiger partial charge in [-0.3, -0.25) is 9.59 Å². The van der Waals surface area contributed by atoms with Crippen molar-refractivity contribution in [3.05, 3.63) is 63.3 Å². The van der Waals surface area contributed by atoms with Gasteiger partial charge in [0.15, 0.2) is 0 Å². The third kappa shape index (κ3) is 4.56. The van der Waals surface area contributed by atoms with Crippen LogP contribution in [0.4, 0.5) is 18.9 Å². The van der Waals surface area contributed by atoms with Crippen LogP contribution >= 0.6 is 0 Å². The number of hydrogen-bond donors (Lipinski definition) is 2. The second-order valence-corrected chi connectivity index (χ2v) is 10.2. The second-order valence-electron chi connectivity index (χ2n) is 10.2. The Morgan fingerprint density at radius 3 is 2.57 bits per heavy atom. The molecule has 1 amide bonds. The van der Waals surface area contributed by atoms with Crippen molar-refractivity contribution in [1.82, 2.24) is 14.8 Å². The predicted octanol–water partition coefficient (Wildman–Crippen LogP) is 2.89. The van der Waals surface area contributed by atoms with E-state index in [4.69, 9.17) is 10.5 Å². The van der Waals surface area contributed by atoms with Crippen molar-refractivity contribution in [1.29, 1.82) is 0 Å². The standard InChI is InChI=1S/C19H18F3N3O3.C6H11N/c20-16-10(2-1-3-12(16)17(21)22)7-24-18(27)13-8-25(15(26)4-14(13)23)19-5-11(6-19)28-9-19;1-7-3-5-2-6(5)4-7/h1-4,8,11,17H,5-7,9,23H2,(H,24,27);5-6H,2-4H2,1H3. The summed E-state index contributed by atoms with van der Waals surface area (Å²) in [6, 6.07) is 4.78. The van der Waals surface area contributed by atoms with E-state index in [0.717, 1.165) is 17.9 Å². The van der Waals surface area contributed by atoms with Gasteiger partial charge in [0.05, 0.1) is 35.1 Å². The maximum atomic E-state index is 14.1. The first-order chi connectivity index (χ1) is 16.7. The van der Waals surface area contributed by atoms with Crippen LogP contribution in [0.2, 0.25) is 0 Å². The van der Waals surface area contributed by atoms with Crippen LogP contribution in [0.15, 0.2) is 35.3 Å². The molecular formula is C25H29F3N4O3. The molecule has 0 spiro atoms. The first kappa shape index (κ1) is 23.9. The van der Waals surface area contributed by atoms with E-state index >= 15 is 0 Å². The number of fused-ring (bicyclic) bond motifs is 2. The number of carbonyl (C=O) groups excluding carboxylic acids is 1. The fourth-order valence-corrected chi connectivity index (χ4v) is 5.48. The number of nitrogens with zero attached hydrogens (tertiary/aromatic N) is 2. The number of halogens is 3. The summed E-state index contributed by atoms with van der Waals surface area (Å²) >= 11 is 0. The van der Waals surface area contributed by atoms with Crippen molar-refractivity contribution in [3.8, 4) is 0 Å². The molecule has 3 N–H and O–H groups in total. The first-order valence-corrected chi connectivity index (χ1v) is 11.8. The molecule has 0 radical (unpaired) electrons. The molecule has 2 bridgehead atoms. The van der Waals surface area contributed by atoms with Crippen LogP contribution in [0.1, 0.15) is 47.2 Å². The molecule has 5 fully saturated rings. The molecule has 4 heterocycles. The fourth-order valence-electron chi connectivity index (χ4n) is 5.48. The number of hydrogen-bond acceptors (Lipinski definition) is 5. The Hall–Kier alpha value is -2.85. The van der Waals surface area contributed by atoms with Crippen LogP contribution < -0.4 is 16.6 Å². The highest BCUT2D eigenvalue weighted by Gasteiger charge is 2.53. The number of likely N-dealkylation sites (tertiary alicyclic amines) is 1.